The van der Waals surface area contributed by atoms with E-state index in [0.717, 1.165) is 47.6 Å². The molecular formula is C18H23ClN4OS. The number of hydrogen-bond acceptors (Lipinski definition) is 5. The standard InChI is InChI=1S/C18H23ClN4OS/c1-3-4-17(24)23-10-9-22(12-13(23)2)18-20-16(21-25-18)11-14-5-7-15(19)8-6-14/h5-8,13H,3-4,9-12H2,1-2H3. The summed E-state index contributed by atoms with van der Waals surface area (Å²) >= 11 is 7.36. The van der Waals surface area contributed by atoms with Crippen molar-refractivity contribution in [3.63, 3.8) is 0 Å². The van der Waals surface area contributed by atoms with Crippen LogP contribution in [0.15, 0.2) is 24.3 Å². The van der Waals surface area contributed by atoms with Crippen LogP contribution in [0, 0.1) is 0 Å². The van der Waals surface area contributed by atoms with Gasteiger partial charge >= 0.3 is 0 Å². The van der Waals surface area contributed by atoms with Gasteiger partial charge in [-0.25, -0.2) is 4.98 Å². The summed E-state index contributed by atoms with van der Waals surface area (Å²) in [6.07, 6.45) is 2.24. The average Bonchev–Trinajstić information content (AvgIpc) is 3.05. The van der Waals surface area contributed by atoms with Crippen molar-refractivity contribution in [2.75, 3.05) is 24.5 Å². The van der Waals surface area contributed by atoms with Crippen molar-refractivity contribution in [2.45, 2.75) is 39.2 Å². The summed E-state index contributed by atoms with van der Waals surface area (Å²) < 4.78 is 4.49. The molecule has 7 heteroatoms. The predicted molar refractivity (Wildman–Crippen MR) is 102 cm³/mol. The summed E-state index contributed by atoms with van der Waals surface area (Å²) in [6, 6.07) is 7.99. The monoisotopic (exact) mass is 378 g/mol. The summed E-state index contributed by atoms with van der Waals surface area (Å²) in [6.45, 7) is 6.53. The number of amides is 1. The molecule has 5 nitrogen and oxygen atoms in total. The number of nitrogens with zero attached hydrogens (tertiary/aromatic N) is 4. The first-order valence-corrected chi connectivity index (χ1v) is 9.83. The van der Waals surface area contributed by atoms with Crippen LogP contribution < -0.4 is 4.90 Å². The lowest BCUT2D eigenvalue weighted by molar-refractivity contribution is -0.133. The largest absolute Gasteiger partial charge is 0.343 e. The van der Waals surface area contributed by atoms with E-state index >= 15 is 0 Å². The summed E-state index contributed by atoms with van der Waals surface area (Å²) in [5.74, 6) is 1.09. The van der Waals surface area contributed by atoms with Gasteiger partial charge in [0.15, 0.2) is 0 Å². The molecule has 1 atom stereocenters. The number of hydrogen-bond donors (Lipinski definition) is 0. The Balaban J connectivity index is 1.61. The highest BCUT2D eigenvalue weighted by atomic mass is 35.5. The van der Waals surface area contributed by atoms with Crippen LogP contribution in [-0.4, -0.2) is 45.8 Å². The molecule has 1 fully saturated rings. The molecule has 0 spiro atoms. The van der Waals surface area contributed by atoms with E-state index in [4.69, 9.17) is 11.6 Å². The SMILES string of the molecule is CCCC(=O)N1CCN(c2nc(Cc3ccc(Cl)cc3)ns2)CC1C. The van der Waals surface area contributed by atoms with Crippen LogP contribution in [0.3, 0.4) is 0 Å². The molecule has 1 amide bonds. The van der Waals surface area contributed by atoms with Crippen LogP contribution in [-0.2, 0) is 11.2 Å². The zero-order valence-electron chi connectivity index (χ0n) is 14.6. The van der Waals surface area contributed by atoms with Crippen molar-refractivity contribution >= 4 is 34.2 Å². The maximum absolute atomic E-state index is 12.2. The van der Waals surface area contributed by atoms with Crippen LogP contribution in [0.5, 0.6) is 0 Å². The molecule has 1 aliphatic heterocycles. The van der Waals surface area contributed by atoms with E-state index in [2.05, 4.69) is 21.2 Å². The lowest BCUT2D eigenvalue weighted by Crippen LogP contribution is -2.54. The van der Waals surface area contributed by atoms with Gasteiger partial charge in [-0.1, -0.05) is 30.7 Å². The summed E-state index contributed by atoms with van der Waals surface area (Å²) in [5.41, 5.74) is 1.15. The second-order valence-corrected chi connectivity index (χ2v) is 7.60. The van der Waals surface area contributed by atoms with Crippen molar-refractivity contribution in [3.05, 3.63) is 40.7 Å². The maximum atomic E-state index is 12.2. The molecule has 3 rings (SSSR count). The third-order valence-electron chi connectivity index (χ3n) is 4.42. The lowest BCUT2D eigenvalue weighted by Gasteiger charge is -2.39. The molecule has 0 radical (unpaired) electrons. The van der Waals surface area contributed by atoms with Gasteiger partial charge in [0, 0.05) is 55.1 Å². The van der Waals surface area contributed by atoms with Gasteiger partial charge < -0.3 is 9.80 Å². The first kappa shape index (κ1) is 18.1. The van der Waals surface area contributed by atoms with Gasteiger partial charge in [0.25, 0.3) is 0 Å². The van der Waals surface area contributed by atoms with Gasteiger partial charge in [-0.2, -0.15) is 4.37 Å². The third-order valence-corrected chi connectivity index (χ3v) is 5.48. The topological polar surface area (TPSA) is 49.3 Å². The van der Waals surface area contributed by atoms with E-state index in [1.165, 1.54) is 11.5 Å². The summed E-state index contributed by atoms with van der Waals surface area (Å²) in [5, 5.41) is 1.68. The minimum atomic E-state index is 0.205. The minimum Gasteiger partial charge on any atom is -0.343 e. The molecule has 2 heterocycles. The number of carbonyl (C=O) groups is 1. The minimum absolute atomic E-state index is 0.205. The Kier molecular flexibility index (Phi) is 5.91. The molecular weight excluding hydrogens is 356 g/mol. The van der Waals surface area contributed by atoms with E-state index in [0.29, 0.717) is 12.8 Å². The van der Waals surface area contributed by atoms with E-state index in [-0.39, 0.29) is 11.9 Å². The molecule has 0 aliphatic carbocycles. The molecule has 25 heavy (non-hydrogen) atoms. The molecule has 0 saturated carbocycles. The second-order valence-electron chi connectivity index (χ2n) is 6.43. The predicted octanol–water partition coefficient (Wildman–Crippen LogP) is 3.62. The fourth-order valence-corrected chi connectivity index (χ4v) is 3.94. The Morgan fingerprint density at radius 3 is 2.76 bits per heavy atom. The van der Waals surface area contributed by atoms with Crippen LogP contribution in [0.25, 0.3) is 0 Å². The van der Waals surface area contributed by atoms with Gasteiger partial charge in [-0.15, -0.1) is 0 Å². The number of carbonyl (C=O) groups excluding carboxylic acids is 1. The number of aromatic nitrogens is 2. The second kappa shape index (κ2) is 8.15. The van der Waals surface area contributed by atoms with Crippen LogP contribution in [0.1, 0.15) is 38.1 Å². The molecule has 1 aromatic carbocycles. The van der Waals surface area contributed by atoms with E-state index in [1.54, 1.807) is 0 Å². The average molecular weight is 379 g/mol. The number of rotatable bonds is 5. The molecule has 134 valence electrons. The Morgan fingerprint density at radius 2 is 2.08 bits per heavy atom. The normalized spacial score (nSPS) is 17.8. The first-order chi connectivity index (χ1) is 12.1. The molecule has 1 saturated heterocycles. The Morgan fingerprint density at radius 1 is 1.32 bits per heavy atom. The van der Waals surface area contributed by atoms with Gasteiger partial charge in [-0.3, -0.25) is 4.79 Å². The maximum Gasteiger partial charge on any atom is 0.222 e. The van der Waals surface area contributed by atoms with Crippen molar-refractivity contribution in [1.29, 1.82) is 0 Å². The van der Waals surface area contributed by atoms with Crippen molar-refractivity contribution in [2.24, 2.45) is 0 Å². The van der Waals surface area contributed by atoms with Gasteiger partial charge in [-0.05, 0) is 31.0 Å². The van der Waals surface area contributed by atoms with Crippen molar-refractivity contribution in [3.8, 4) is 0 Å². The van der Waals surface area contributed by atoms with Gasteiger partial charge in [0.1, 0.15) is 5.82 Å². The highest BCUT2D eigenvalue weighted by molar-refractivity contribution is 7.09. The number of piperazine rings is 1. The molecule has 2 aromatic rings. The Labute approximate surface area is 157 Å². The highest BCUT2D eigenvalue weighted by Crippen LogP contribution is 2.23. The quantitative estimate of drug-likeness (QED) is 0.797. The number of benzene rings is 1. The molecule has 1 unspecified atom stereocenters. The summed E-state index contributed by atoms with van der Waals surface area (Å²) in [4.78, 5) is 21.1. The van der Waals surface area contributed by atoms with E-state index < -0.39 is 0 Å². The number of halogens is 1. The fraction of sp³-hybridized carbons (Fsp3) is 0.500. The summed E-state index contributed by atoms with van der Waals surface area (Å²) in [7, 11) is 0. The van der Waals surface area contributed by atoms with Crippen LogP contribution in [0.4, 0.5) is 5.13 Å². The molecule has 0 N–H and O–H groups in total. The van der Waals surface area contributed by atoms with Crippen molar-refractivity contribution in [1.82, 2.24) is 14.3 Å². The van der Waals surface area contributed by atoms with Gasteiger partial charge in [0.2, 0.25) is 11.0 Å². The number of anilines is 1. The van der Waals surface area contributed by atoms with Gasteiger partial charge in [0.05, 0.1) is 0 Å². The third kappa shape index (κ3) is 4.50. The molecule has 1 aromatic heterocycles. The zero-order valence-corrected chi connectivity index (χ0v) is 16.2. The fourth-order valence-electron chi connectivity index (χ4n) is 3.09. The van der Waals surface area contributed by atoms with Crippen LogP contribution in [0.2, 0.25) is 5.02 Å². The zero-order chi connectivity index (χ0) is 17.8. The molecule has 0 bridgehead atoms. The lowest BCUT2D eigenvalue weighted by atomic mass is 10.1. The Bertz CT molecular complexity index is 718. The first-order valence-electron chi connectivity index (χ1n) is 8.68. The highest BCUT2D eigenvalue weighted by Gasteiger charge is 2.28. The van der Waals surface area contributed by atoms with E-state index in [9.17, 15) is 4.79 Å². The smallest absolute Gasteiger partial charge is 0.222 e. The van der Waals surface area contributed by atoms with Crippen LogP contribution >= 0.6 is 23.1 Å². The van der Waals surface area contributed by atoms with Crippen molar-refractivity contribution < 1.29 is 4.79 Å². The van der Waals surface area contributed by atoms with E-state index in [1.807, 2.05) is 36.1 Å². The Hall–Kier alpha value is -1.66. The molecule has 1 aliphatic rings.